The number of hydrogen-bond donors (Lipinski definition) is 1. The van der Waals surface area contributed by atoms with E-state index in [0.717, 1.165) is 0 Å². The van der Waals surface area contributed by atoms with Crippen LogP contribution in [0.15, 0.2) is 23.5 Å². The lowest BCUT2D eigenvalue weighted by molar-refractivity contribution is 0.181. The Morgan fingerprint density at radius 2 is 1.41 bits per heavy atom. The summed E-state index contributed by atoms with van der Waals surface area (Å²) in [6, 6.07) is 0. The normalized spacial score (nSPS) is 37.1. The smallest absolute Gasteiger partial charge is 0.111 e. The van der Waals surface area contributed by atoms with Gasteiger partial charge in [0.1, 0.15) is 5.76 Å². The summed E-state index contributed by atoms with van der Waals surface area (Å²) >= 11 is 1.94. The van der Waals surface area contributed by atoms with Crippen molar-refractivity contribution < 1.29 is 5.11 Å². The Hall–Kier alpha value is -0.370. The summed E-state index contributed by atoms with van der Waals surface area (Å²) < 4.78 is -0.0891. The molecule has 0 bridgehead atoms. The van der Waals surface area contributed by atoms with Gasteiger partial charge in [0.2, 0.25) is 0 Å². The molecule has 1 heterocycles. The summed E-state index contributed by atoms with van der Waals surface area (Å²) in [4.78, 5) is 0. The molecule has 2 aliphatic rings. The lowest BCUT2D eigenvalue weighted by Crippen LogP contribution is -2.48. The van der Waals surface area contributed by atoms with E-state index in [-0.39, 0.29) is 20.3 Å². The summed E-state index contributed by atoms with van der Waals surface area (Å²) in [5, 5.41) is 10.4. The SMILES string of the molecule is CC1=CC=C(O)C2(C(C)(C)C)SC12C(C)(C)C. The van der Waals surface area contributed by atoms with Crippen LogP contribution in [-0.4, -0.2) is 14.6 Å². The van der Waals surface area contributed by atoms with Crippen molar-refractivity contribution in [2.45, 2.75) is 58.0 Å². The Balaban J connectivity index is 2.64. The number of aliphatic hydroxyl groups is 1. The van der Waals surface area contributed by atoms with Gasteiger partial charge in [0, 0.05) is 0 Å². The van der Waals surface area contributed by atoms with E-state index in [9.17, 15) is 5.11 Å². The third-order valence-corrected chi connectivity index (χ3v) is 7.06. The molecule has 96 valence electrons. The van der Waals surface area contributed by atoms with Crippen LogP contribution in [0, 0.1) is 10.8 Å². The number of hydrogen-bond acceptors (Lipinski definition) is 2. The largest absolute Gasteiger partial charge is 0.511 e. The molecule has 0 radical (unpaired) electrons. The Morgan fingerprint density at radius 1 is 0.941 bits per heavy atom. The molecule has 2 unspecified atom stereocenters. The summed E-state index contributed by atoms with van der Waals surface area (Å²) in [6.45, 7) is 15.7. The van der Waals surface area contributed by atoms with E-state index < -0.39 is 0 Å². The first-order valence-electron chi connectivity index (χ1n) is 6.29. The fourth-order valence-electron chi connectivity index (χ4n) is 3.57. The summed E-state index contributed by atoms with van der Waals surface area (Å²) in [5.74, 6) is 0.551. The maximum atomic E-state index is 10.4. The molecule has 0 aromatic carbocycles. The number of aliphatic hydroxyl groups excluding tert-OH is 1. The number of allylic oxidation sites excluding steroid dienone is 2. The van der Waals surface area contributed by atoms with Crippen LogP contribution in [-0.2, 0) is 0 Å². The van der Waals surface area contributed by atoms with Crippen LogP contribution < -0.4 is 0 Å². The highest BCUT2D eigenvalue weighted by molar-refractivity contribution is 8.10. The minimum atomic E-state index is -0.142. The first kappa shape index (κ1) is 13.1. The second-order valence-corrected chi connectivity index (χ2v) is 8.79. The second-order valence-electron chi connectivity index (χ2n) is 7.37. The molecular weight excluding hydrogens is 228 g/mol. The van der Waals surface area contributed by atoms with Gasteiger partial charge in [-0.3, -0.25) is 0 Å². The first-order chi connectivity index (χ1) is 7.51. The van der Waals surface area contributed by atoms with Gasteiger partial charge in [-0.2, -0.15) is 0 Å². The molecule has 1 aliphatic carbocycles. The predicted molar refractivity (Wildman–Crippen MR) is 76.4 cm³/mol. The topological polar surface area (TPSA) is 20.2 Å². The van der Waals surface area contributed by atoms with E-state index in [4.69, 9.17) is 0 Å². The van der Waals surface area contributed by atoms with E-state index >= 15 is 0 Å². The fraction of sp³-hybridized carbons (Fsp3) is 0.733. The van der Waals surface area contributed by atoms with Crippen molar-refractivity contribution in [3.05, 3.63) is 23.5 Å². The number of fused-ring (bicyclic) bond motifs is 1. The van der Waals surface area contributed by atoms with E-state index in [2.05, 4.69) is 54.5 Å². The molecule has 0 amide bonds. The van der Waals surface area contributed by atoms with Gasteiger partial charge in [-0.1, -0.05) is 53.2 Å². The van der Waals surface area contributed by atoms with Gasteiger partial charge in [-0.05, 0) is 23.8 Å². The maximum Gasteiger partial charge on any atom is 0.111 e. The molecule has 0 saturated carbocycles. The highest BCUT2D eigenvalue weighted by atomic mass is 32.2. The molecule has 1 saturated heterocycles. The monoisotopic (exact) mass is 252 g/mol. The molecule has 1 aliphatic heterocycles. The first-order valence-corrected chi connectivity index (χ1v) is 7.11. The van der Waals surface area contributed by atoms with Crippen molar-refractivity contribution >= 4 is 11.8 Å². The quantitative estimate of drug-likeness (QED) is 0.630. The van der Waals surface area contributed by atoms with Gasteiger partial charge in [0.05, 0.1) is 9.49 Å². The van der Waals surface area contributed by atoms with Crippen molar-refractivity contribution in [1.82, 2.24) is 0 Å². The zero-order chi connectivity index (χ0) is 13.3. The third kappa shape index (κ3) is 1.28. The maximum absolute atomic E-state index is 10.4. The Labute approximate surface area is 109 Å². The third-order valence-electron chi connectivity index (χ3n) is 4.28. The Morgan fingerprint density at radius 3 is 1.76 bits per heavy atom. The Kier molecular flexibility index (Phi) is 2.42. The van der Waals surface area contributed by atoms with Gasteiger partial charge in [-0.25, -0.2) is 0 Å². The Bertz CT molecular complexity index is 379. The van der Waals surface area contributed by atoms with Crippen molar-refractivity contribution in [3.8, 4) is 0 Å². The van der Waals surface area contributed by atoms with Crippen LogP contribution in [0.2, 0.25) is 0 Å². The standard InChI is InChI=1S/C15H24OS/c1-10-8-9-11(16)15(13(5,6)7)14(10,17-15)12(2,3)4/h8-9,16H,1-7H3. The van der Waals surface area contributed by atoms with Crippen LogP contribution in [0.3, 0.4) is 0 Å². The average Bonchev–Trinajstić information content (AvgIpc) is 2.83. The highest BCUT2D eigenvalue weighted by Crippen LogP contribution is 2.82. The van der Waals surface area contributed by atoms with Crippen LogP contribution in [0.1, 0.15) is 48.5 Å². The predicted octanol–water partition coefficient (Wildman–Crippen LogP) is 4.70. The van der Waals surface area contributed by atoms with Gasteiger partial charge in [0.15, 0.2) is 0 Å². The molecule has 0 aromatic rings. The molecule has 1 N–H and O–H groups in total. The number of rotatable bonds is 0. The molecule has 0 spiro atoms. The van der Waals surface area contributed by atoms with Crippen molar-refractivity contribution in [2.75, 3.05) is 0 Å². The second kappa shape index (κ2) is 3.14. The van der Waals surface area contributed by atoms with Crippen LogP contribution >= 0.6 is 11.8 Å². The molecular formula is C15H24OS. The van der Waals surface area contributed by atoms with Gasteiger partial charge in [0.25, 0.3) is 0 Å². The lowest BCUT2D eigenvalue weighted by atomic mass is 9.60. The number of thioether (sulfide) groups is 1. The molecule has 17 heavy (non-hydrogen) atoms. The molecule has 2 rings (SSSR count). The average molecular weight is 252 g/mol. The van der Waals surface area contributed by atoms with Crippen LogP contribution in [0.5, 0.6) is 0 Å². The molecule has 1 nitrogen and oxygen atoms in total. The summed E-state index contributed by atoms with van der Waals surface area (Å²) in [5.41, 5.74) is 1.59. The van der Waals surface area contributed by atoms with E-state index in [1.807, 2.05) is 17.8 Å². The van der Waals surface area contributed by atoms with Crippen molar-refractivity contribution in [1.29, 1.82) is 0 Å². The molecule has 0 aromatic heterocycles. The van der Waals surface area contributed by atoms with E-state index in [1.165, 1.54) is 5.57 Å². The van der Waals surface area contributed by atoms with Crippen LogP contribution in [0.4, 0.5) is 0 Å². The van der Waals surface area contributed by atoms with Gasteiger partial charge < -0.3 is 5.11 Å². The molecule has 2 heteroatoms. The fourth-order valence-corrected chi connectivity index (χ4v) is 5.87. The molecule has 1 fully saturated rings. The summed E-state index contributed by atoms with van der Waals surface area (Å²) in [7, 11) is 0. The highest BCUT2D eigenvalue weighted by Gasteiger charge is 2.80. The van der Waals surface area contributed by atoms with E-state index in [1.54, 1.807) is 0 Å². The minimum absolute atomic E-state index is 0.0527. The van der Waals surface area contributed by atoms with Gasteiger partial charge >= 0.3 is 0 Å². The minimum Gasteiger partial charge on any atom is -0.511 e. The van der Waals surface area contributed by atoms with Gasteiger partial charge in [-0.15, -0.1) is 11.8 Å². The van der Waals surface area contributed by atoms with Crippen molar-refractivity contribution in [2.24, 2.45) is 10.8 Å². The van der Waals surface area contributed by atoms with E-state index in [0.29, 0.717) is 5.76 Å². The van der Waals surface area contributed by atoms with Crippen molar-refractivity contribution in [3.63, 3.8) is 0 Å². The van der Waals surface area contributed by atoms with Crippen LogP contribution in [0.25, 0.3) is 0 Å². The summed E-state index contributed by atoms with van der Waals surface area (Å²) in [6.07, 6.45) is 3.98. The lowest BCUT2D eigenvalue weighted by Gasteiger charge is -2.42. The molecule has 2 atom stereocenters. The zero-order valence-corrected chi connectivity index (χ0v) is 12.8. The zero-order valence-electron chi connectivity index (χ0n) is 12.0.